The number of nitrogens with zero attached hydrogens (tertiary/aromatic N) is 1. The molecule has 1 amide bonds. The molecule has 0 aromatic heterocycles. The van der Waals surface area contributed by atoms with Crippen LogP contribution in [0.4, 0.5) is 0 Å². The van der Waals surface area contributed by atoms with E-state index in [-0.39, 0.29) is 11.5 Å². The summed E-state index contributed by atoms with van der Waals surface area (Å²) < 4.78 is 12.9. The van der Waals surface area contributed by atoms with Gasteiger partial charge < -0.3 is 10.0 Å². The van der Waals surface area contributed by atoms with Gasteiger partial charge >= 0.3 is 5.97 Å². The molecule has 1 rings (SSSR count). The van der Waals surface area contributed by atoms with Crippen LogP contribution in [0.3, 0.4) is 0 Å². The fraction of sp³-hybridized carbons (Fsp3) is 0.429. The van der Waals surface area contributed by atoms with Crippen molar-refractivity contribution in [1.82, 2.24) is 4.90 Å². The smallest absolute Gasteiger partial charge is 0.336 e. The molecule has 1 aromatic carbocycles. The number of carboxylic acids is 1. The molecule has 0 bridgehead atoms. The summed E-state index contributed by atoms with van der Waals surface area (Å²) in [5.74, 6) is -1.30. The van der Waals surface area contributed by atoms with E-state index in [9.17, 15) is 13.8 Å². The number of hydrogen-bond acceptors (Lipinski definition) is 3. The van der Waals surface area contributed by atoms with Gasteiger partial charge in [0.25, 0.3) is 0 Å². The minimum Gasteiger partial charge on any atom is -0.478 e. The van der Waals surface area contributed by atoms with Gasteiger partial charge in [-0.15, -0.1) is 0 Å². The molecule has 0 aliphatic carbocycles. The van der Waals surface area contributed by atoms with E-state index in [1.807, 2.05) is 13.8 Å². The zero-order chi connectivity index (χ0) is 16.2. The Hall–Kier alpha value is -1.21. The maximum absolute atomic E-state index is 12.5. The lowest BCUT2D eigenvalue weighted by Crippen LogP contribution is -2.39. The molecule has 1 N–H and O–H groups in total. The molecule has 0 saturated heterocycles. The highest BCUT2D eigenvalue weighted by molar-refractivity contribution is 9.10. The van der Waals surface area contributed by atoms with Crippen molar-refractivity contribution in [2.75, 3.05) is 13.1 Å². The van der Waals surface area contributed by atoms with Crippen molar-refractivity contribution in [3.8, 4) is 0 Å². The van der Waals surface area contributed by atoms with Crippen LogP contribution in [-0.4, -0.2) is 44.4 Å². The summed E-state index contributed by atoms with van der Waals surface area (Å²) in [6, 6.07) is 4.44. The third-order valence-corrected chi connectivity index (χ3v) is 5.40. The Morgan fingerprint density at radius 2 is 1.90 bits per heavy atom. The normalized spacial score (nSPS) is 13.5. The van der Waals surface area contributed by atoms with Crippen LogP contribution in [-0.2, 0) is 15.6 Å². The molecule has 2 atom stereocenters. The lowest BCUT2D eigenvalue weighted by molar-refractivity contribution is -0.129. The molecular formula is C14H18BrNO4S. The Kier molecular flexibility index (Phi) is 6.54. The summed E-state index contributed by atoms with van der Waals surface area (Å²) in [4.78, 5) is 25.3. The van der Waals surface area contributed by atoms with Crippen LogP contribution in [0.25, 0.3) is 0 Å². The van der Waals surface area contributed by atoms with Crippen LogP contribution in [0.5, 0.6) is 0 Å². The van der Waals surface area contributed by atoms with Gasteiger partial charge in [-0.3, -0.25) is 9.00 Å². The number of carbonyl (C=O) groups is 2. The molecule has 0 radical (unpaired) electrons. The Balaban J connectivity index is 3.06. The minimum atomic E-state index is -1.59. The number of carboxylic acid groups (broad SMARTS) is 1. The molecule has 7 heteroatoms. The first-order valence-corrected chi connectivity index (χ1v) is 8.56. The number of aromatic carboxylic acids is 1. The molecule has 0 heterocycles. The van der Waals surface area contributed by atoms with Gasteiger partial charge in [0.15, 0.2) is 0 Å². The first-order chi connectivity index (χ1) is 9.83. The third kappa shape index (κ3) is 4.14. The fourth-order valence-electron chi connectivity index (χ4n) is 1.88. The molecule has 0 spiro atoms. The van der Waals surface area contributed by atoms with E-state index in [1.165, 1.54) is 12.1 Å². The highest BCUT2D eigenvalue weighted by Gasteiger charge is 2.25. The first kappa shape index (κ1) is 17.8. The van der Waals surface area contributed by atoms with Crippen molar-refractivity contribution in [2.45, 2.75) is 30.9 Å². The summed E-state index contributed by atoms with van der Waals surface area (Å²) in [7, 11) is -1.59. The van der Waals surface area contributed by atoms with Gasteiger partial charge in [0.1, 0.15) is 5.25 Å². The predicted octanol–water partition coefficient (Wildman–Crippen LogP) is 2.51. The zero-order valence-corrected chi connectivity index (χ0v) is 14.5. The Morgan fingerprint density at radius 3 is 2.38 bits per heavy atom. The van der Waals surface area contributed by atoms with Gasteiger partial charge in [0.05, 0.1) is 16.4 Å². The van der Waals surface area contributed by atoms with Crippen LogP contribution < -0.4 is 0 Å². The molecule has 116 valence electrons. The van der Waals surface area contributed by atoms with E-state index in [0.717, 1.165) is 0 Å². The van der Waals surface area contributed by atoms with E-state index < -0.39 is 22.0 Å². The van der Waals surface area contributed by atoms with Gasteiger partial charge in [0.2, 0.25) is 5.91 Å². The van der Waals surface area contributed by atoms with E-state index >= 15 is 0 Å². The van der Waals surface area contributed by atoms with Gasteiger partial charge in [-0.2, -0.15) is 0 Å². The summed E-state index contributed by atoms with van der Waals surface area (Å²) in [6.45, 7) is 6.42. The molecule has 0 aliphatic rings. The lowest BCUT2D eigenvalue weighted by atomic mass is 10.2. The summed E-state index contributed by atoms with van der Waals surface area (Å²) in [5, 5.41) is 8.36. The lowest BCUT2D eigenvalue weighted by Gasteiger charge is -2.22. The SMILES string of the molecule is CCN(CC)C(=O)C(C)S(=O)c1ccc(Br)c(C(=O)O)c1. The van der Waals surface area contributed by atoms with E-state index in [4.69, 9.17) is 5.11 Å². The summed E-state index contributed by atoms with van der Waals surface area (Å²) in [5.41, 5.74) is 0.0309. The third-order valence-electron chi connectivity index (χ3n) is 3.14. The van der Waals surface area contributed by atoms with Crippen molar-refractivity contribution in [3.05, 3.63) is 28.2 Å². The van der Waals surface area contributed by atoms with Crippen LogP contribution in [0, 0.1) is 0 Å². The molecule has 2 unspecified atom stereocenters. The number of amides is 1. The minimum absolute atomic E-state index is 0.0309. The van der Waals surface area contributed by atoms with Gasteiger partial charge in [-0.1, -0.05) is 0 Å². The zero-order valence-electron chi connectivity index (χ0n) is 12.1. The first-order valence-electron chi connectivity index (χ1n) is 6.55. The maximum atomic E-state index is 12.5. The number of halogens is 1. The van der Waals surface area contributed by atoms with E-state index in [0.29, 0.717) is 22.5 Å². The molecule has 0 fully saturated rings. The molecule has 0 aliphatic heterocycles. The van der Waals surface area contributed by atoms with Crippen molar-refractivity contribution >= 4 is 38.6 Å². The molecular weight excluding hydrogens is 358 g/mol. The quantitative estimate of drug-likeness (QED) is 0.828. The fourth-order valence-corrected chi connectivity index (χ4v) is 3.47. The molecule has 21 heavy (non-hydrogen) atoms. The number of rotatable bonds is 6. The van der Waals surface area contributed by atoms with Gasteiger partial charge in [-0.25, -0.2) is 4.79 Å². The Labute approximate surface area is 134 Å². The Bertz CT molecular complexity index is 572. The van der Waals surface area contributed by atoms with Gasteiger partial charge in [-0.05, 0) is 54.9 Å². The van der Waals surface area contributed by atoms with E-state index in [2.05, 4.69) is 15.9 Å². The monoisotopic (exact) mass is 375 g/mol. The van der Waals surface area contributed by atoms with Crippen LogP contribution in [0.15, 0.2) is 27.6 Å². The standard InChI is InChI=1S/C14H18BrNO4S/c1-4-16(5-2)13(17)9(3)21(20)10-6-7-12(15)11(8-10)14(18)19/h6-9H,4-5H2,1-3H3,(H,18,19). The summed E-state index contributed by atoms with van der Waals surface area (Å²) >= 11 is 3.14. The molecule has 5 nitrogen and oxygen atoms in total. The number of benzene rings is 1. The van der Waals surface area contributed by atoms with Crippen molar-refractivity contribution in [2.24, 2.45) is 0 Å². The van der Waals surface area contributed by atoms with Crippen LogP contribution in [0.2, 0.25) is 0 Å². The van der Waals surface area contributed by atoms with E-state index in [1.54, 1.807) is 17.9 Å². The summed E-state index contributed by atoms with van der Waals surface area (Å²) in [6.07, 6.45) is 0. The average Bonchev–Trinajstić information content (AvgIpc) is 2.47. The van der Waals surface area contributed by atoms with Crippen LogP contribution in [0.1, 0.15) is 31.1 Å². The maximum Gasteiger partial charge on any atom is 0.336 e. The van der Waals surface area contributed by atoms with Crippen LogP contribution >= 0.6 is 15.9 Å². The Morgan fingerprint density at radius 1 is 1.33 bits per heavy atom. The van der Waals surface area contributed by atoms with Crippen molar-refractivity contribution in [1.29, 1.82) is 0 Å². The predicted molar refractivity (Wildman–Crippen MR) is 84.9 cm³/mol. The van der Waals surface area contributed by atoms with Crippen molar-refractivity contribution < 1.29 is 18.9 Å². The largest absolute Gasteiger partial charge is 0.478 e. The second-order valence-corrected chi connectivity index (χ2v) is 7.02. The number of carbonyl (C=O) groups excluding carboxylic acids is 1. The second kappa shape index (κ2) is 7.70. The van der Waals surface area contributed by atoms with Crippen molar-refractivity contribution in [3.63, 3.8) is 0 Å². The topological polar surface area (TPSA) is 74.7 Å². The highest BCUT2D eigenvalue weighted by atomic mass is 79.9. The highest BCUT2D eigenvalue weighted by Crippen LogP contribution is 2.22. The second-order valence-electron chi connectivity index (χ2n) is 4.40. The number of hydrogen-bond donors (Lipinski definition) is 1. The molecule has 0 saturated carbocycles. The molecule has 1 aromatic rings. The van der Waals surface area contributed by atoms with Gasteiger partial charge in [0, 0.05) is 22.5 Å². The average molecular weight is 376 g/mol.